The number of anilines is 2. The summed E-state index contributed by atoms with van der Waals surface area (Å²) in [6.45, 7) is 8.10. The molecule has 3 aromatic rings. The molecular weight excluding hydrogens is 594 g/mol. The molecule has 14 heteroatoms. The molecule has 0 aliphatic carbocycles. The van der Waals surface area contributed by atoms with Crippen molar-refractivity contribution < 1.29 is 33.3 Å². The summed E-state index contributed by atoms with van der Waals surface area (Å²) in [5.74, 6) is 1.45. The maximum atomic E-state index is 12.5. The molecule has 5 heterocycles. The van der Waals surface area contributed by atoms with Crippen LogP contribution in [-0.4, -0.2) is 88.8 Å². The maximum Gasteiger partial charge on any atom is 0.415 e. The summed E-state index contributed by atoms with van der Waals surface area (Å²) >= 11 is 0. The van der Waals surface area contributed by atoms with Gasteiger partial charge in [-0.15, -0.1) is 0 Å². The van der Waals surface area contributed by atoms with Gasteiger partial charge in [0.25, 0.3) is 5.91 Å². The number of carbonyl (C=O) groups excluding carboxylic acids is 3. The van der Waals surface area contributed by atoms with E-state index in [4.69, 9.17) is 18.9 Å². The molecule has 6 rings (SSSR count). The van der Waals surface area contributed by atoms with Crippen molar-refractivity contribution in [1.82, 2.24) is 25.4 Å². The molecular formula is C32H37N7O7. The summed E-state index contributed by atoms with van der Waals surface area (Å²) in [6.07, 6.45) is 1.63. The second-order valence-electron chi connectivity index (χ2n) is 12.4. The monoisotopic (exact) mass is 631 g/mol. The lowest BCUT2D eigenvalue weighted by molar-refractivity contribution is -0.118. The van der Waals surface area contributed by atoms with Crippen molar-refractivity contribution in [3.05, 3.63) is 54.2 Å². The van der Waals surface area contributed by atoms with Crippen LogP contribution in [0.4, 0.5) is 21.2 Å². The van der Waals surface area contributed by atoms with Gasteiger partial charge in [-0.2, -0.15) is 10.2 Å². The number of cyclic esters (lactones) is 1. The largest absolute Gasteiger partial charge is 0.487 e. The number of likely N-dealkylation sites (tertiary alicyclic amines) is 1. The lowest BCUT2D eigenvalue weighted by Gasteiger charge is -2.24. The van der Waals surface area contributed by atoms with Gasteiger partial charge in [0.1, 0.15) is 29.4 Å². The number of fused-ring (bicyclic) bond motifs is 1. The normalized spacial score (nSPS) is 19.3. The standard InChI is InChI=1S/C32H37N7O7/c1-32(2,3)46-30(41)38-12-10-23(17-38)44-24-14-25(37-34-16-24)21-6-4-5-20(13-21)15-33-11-9-22-18-39(31(42)45-22)27-8-7-26-29(35-27)36-28(40)19-43-26/h4-8,13-14,16,22-23,33H,9-12,15,17-19H2,1-3H3,(H,35,36,40)/t22-,23-/m0/s1. The van der Waals surface area contributed by atoms with Gasteiger partial charge in [-0.1, -0.05) is 18.2 Å². The Hall–Kier alpha value is -4.98. The summed E-state index contributed by atoms with van der Waals surface area (Å²) in [7, 11) is 0. The first-order chi connectivity index (χ1) is 22.1. The van der Waals surface area contributed by atoms with Crippen molar-refractivity contribution in [2.24, 2.45) is 0 Å². The number of hydrogen-bond acceptors (Lipinski definition) is 11. The van der Waals surface area contributed by atoms with E-state index in [-0.39, 0.29) is 30.8 Å². The van der Waals surface area contributed by atoms with Gasteiger partial charge in [0.05, 0.1) is 25.0 Å². The minimum Gasteiger partial charge on any atom is -0.487 e. The molecule has 0 spiro atoms. The van der Waals surface area contributed by atoms with E-state index in [1.165, 1.54) is 4.90 Å². The zero-order valence-corrected chi connectivity index (χ0v) is 26.0. The van der Waals surface area contributed by atoms with Crippen molar-refractivity contribution in [2.75, 3.05) is 43.0 Å². The number of rotatable bonds is 9. The second kappa shape index (κ2) is 13.2. The molecule has 3 aliphatic rings. The number of nitrogens with one attached hydrogen (secondary N) is 2. The van der Waals surface area contributed by atoms with E-state index in [9.17, 15) is 14.4 Å². The Kier molecular flexibility index (Phi) is 8.88. The molecule has 0 radical (unpaired) electrons. The Morgan fingerprint density at radius 2 is 2.02 bits per heavy atom. The van der Waals surface area contributed by atoms with Crippen LogP contribution in [0.2, 0.25) is 0 Å². The molecule has 3 amide bonds. The van der Waals surface area contributed by atoms with Crippen molar-refractivity contribution in [2.45, 2.75) is 58.0 Å². The van der Waals surface area contributed by atoms with Crippen molar-refractivity contribution in [3.8, 4) is 22.8 Å². The summed E-state index contributed by atoms with van der Waals surface area (Å²) in [5, 5.41) is 14.5. The zero-order valence-electron chi connectivity index (χ0n) is 26.0. The van der Waals surface area contributed by atoms with Crippen LogP contribution >= 0.6 is 0 Å². The summed E-state index contributed by atoms with van der Waals surface area (Å²) in [6, 6.07) is 13.2. The first-order valence-corrected chi connectivity index (χ1v) is 15.3. The second-order valence-corrected chi connectivity index (χ2v) is 12.4. The van der Waals surface area contributed by atoms with Crippen molar-refractivity contribution in [3.63, 3.8) is 0 Å². The SMILES string of the molecule is CC(C)(C)OC(=O)N1CC[C@H](Oc2cnnc(-c3cccc(CNCC[C@H]4CN(c5ccc6c(n5)NC(=O)CO6)C(=O)O4)c3)c2)C1. The van der Waals surface area contributed by atoms with Gasteiger partial charge < -0.3 is 34.5 Å². The lowest BCUT2D eigenvalue weighted by atomic mass is 10.1. The van der Waals surface area contributed by atoms with E-state index >= 15 is 0 Å². The highest BCUT2D eigenvalue weighted by Crippen LogP contribution is 2.30. The third-order valence-corrected chi connectivity index (χ3v) is 7.53. The number of nitrogens with zero attached hydrogens (tertiary/aromatic N) is 5. The quantitative estimate of drug-likeness (QED) is 0.331. The minimum absolute atomic E-state index is 0.0608. The average molecular weight is 632 g/mol. The summed E-state index contributed by atoms with van der Waals surface area (Å²) in [4.78, 5) is 44.1. The Balaban J connectivity index is 0.976. The van der Waals surface area contributed by atoms with E-state index in [1.807, 2.05) is 51.1 Å². The average Bonchev–Trinajstić information content (AvgIpc) is 3.65. The summed E-state index contributed by atoms with van der Waals surface area (Å²) < 4.78 is 22.5. The maximum absolute atomic E-state index is 12.5. The first-order valence-electron chi connectivity index (χ1n) is 15.3. The van der Waals surface area contributed by atoms with Crippen LogP contribution < -0.4 is 25.0 Å². The fourth-order valence-corrected chi connectivity index (χ4v) is 5.36. The number of amides is 3. The predicted molar refractivity (Wildman–Crippen MR) is 167 cm³/mol. The number of pyridine rings is 1. The van der Waals surface area contributed by atoms with Gasteiger partial charge in [-0.05, 0) is 57.5 Å². The van der Waals surface area contributed by atoms with E-state index in [0.717, 1.165) is 11.1 Å². The molecule has 0 bridgehead atoms. The van der Waals surface area contributed by atoms with Crippen LogP contribution in [0.25, 0.3) is 11.3 Å². The molecule has 0 unspecified atom stereocenters. The molecule has 2 N–H and O–H groups in total. The van der Waals surface area contributed by atoms with Crippen LogP contribution in [0.1, 0.15) is 39.2 Å². The van der Waals surface area contributed by atoms with Gasteiger partial charge in [0.15, 0.2) is 18.2 Å². The first kappa shape index (κ1) is 31.0. The van der Waals surface area contributed by atoms with Gasteiger partial charge in [0.2, 0.25) is 0 Å². The highest BCUT2D eigenvalue weighted by Gasteiger charge is 2.34. The fourth-order valence-electron chi connectivity index (χ4n) is 5.36. The molecule has 2 atom stereocenters. The molecule has 1 aromatic carbocycles. The third-order valence-electron chi connectivity index (χ3n) is 7.53. The number of aromatic nitrogens is 3. The Labute approximate surface area is 266 Å². The Morgan fingerprint density at radius 3 is 2.87 bits per heavy atom. The van der Waals surface area contributed by atoms with E-state index in [2.05, 4.69) is 25.8 Å². The van der Waals surface area contributed by atoms with Gasteiger partial charge in [-0.3, -0.25) is 9.69 Å². The highest BCUT2D eigenvalue weighted by atomic mass is 16.6. The topological polar surface area (TPSA) is 157 Å². The molecule has 46 heavy (non-hydrogen) atoms. The molecule has 14 nitrogen and oxygen atoms in total. The number of ether oxygens (including phenoxy) is 4. The van der Waals surface area contributed by atoms with Gasteiger partial charge in [-0.25, -0.2) is 14.6 Å². The molecule has 2 saturated heterocycles. The molecule has 2 fully saturated rings. The van der Waals surface area contributed by atoms with Crippen LogP contribution in [0.5, 0.6) is 11.5 Å². The molecule has 3 aliphatic heterocycles. The summed E-state index contributed by atoms with van der Waals surface area (Å²) in [5.41, 5.74) is 2.10. The zero-order chi connectivity index (χ0) is 32.3. The third kappa shape index (κ3) is 7.62. The smallest absolute Gasteiger partial charge is 0.415 e. The Bertz CT molecular complexity index is 1610. The number of hydrogen-bond donors (Lipinski definition) is 2. The van der Waals surface area contributed by atoms with Crippen LogP contribution in [0.15, 0.2) is 48.7 Å². The number of carbonyl (C=O) groups is 3. The fraction of sp³-hybridized carbons (Fsp3) is 0.438. The van der Waals surface area contributed by atoms with Crippen LogP contribution in [0, 0.1) is 0 Å². The minimum atomic E-state index is -0.545. The molecule has 2 aromatic heterocycles. The highest BCUT2D eigenvalue weighted by molar-refractivity contribution is 5.95. The number of benzene rings is 1. The van der Waals surface area contributed by atoms with E-state index < -0.39 is 11.7 Å². The molecule has 242 valence electrons. The van der Waals surface area contributed by atoms with Crippen molar-refractivity contribution in [1.29, 1.82) is 0 Å². The van der Waals surface area contributed by atoms with Crippen molar-refractivity contribution >= 4 is 29.7 Å². The van der Waals surface area contributed by atoms with E-state index in [1.54, 1.807) is 23.2 Å². The van der Waals surface area contributed by atoms with Gasteiger partial charge >= 0.3 is 12.2 Å². The Morgan fingerprint density at radius 1 is 1.15 bits per heavy atom. The predicted octanol–water partition coefficient (Wildman–Crippen LogP) is 3.76. The van der Waals surface area contributed by atoms with Gasteiger partial charge in [0, 0.05) is 31.1 Å². The van der Waals surface area contributed by atoms with Crippen LogP contribution in [-0.2, 0) is 20.8 Å². The lowest BCUT2D eigenvalue weighted by Crippen LogP contribution is -2.36. The van der Waals surface area contributed by atoms with E-state index in [0.29, 0.717) is 74.4 Å². The van der Waals surface area contributed by atoms with Crippen LogP contribution in [0.3, 0.4) is 0 Å². The molecule has 0 saturated carbocycles.